The Bertz CT molecular complexity index is 1600. The van der Waals surface area contributed by atoms with Crippen molar-refractivity contribution in [3.05, 3.63) is 132 Å². The van der Waals surface area contributed by atoms with Gasteiger partial charge in [-0.2, -0.15) is 13.2 Å². The number of rotatable bonds is 6. The van der Waals surface area contributed by atoms with E-state index in [0.29, 0.717) is 17.0 Å². The Balaban J connectivity index is 1.43. The minimum Gasteiger partial charge on any atom is -0.497 e. The molecule has 1 aliphatic rings. The second-order valence-electron chi connectivity index (χ2n) is 10.1. The molecule has 0 unspecified atom stereocenters. The van der Waals surface area contributed by atoms with Gasteiger partial charge in [-0.3, -0.25) is 4.79 Å². The van der Waals surface area contributed by atoms with E-state index in [1.807, 2.05) is 60.7 Å². The van der Waals surface area contributed by atoms with E-state index >= 15 is 0 Å². The minimum absolute atomic E-state index is 0.0872. The van der Waals surface area contributed by atoms with E-state index in [2.05, 4.69) is 5.32 Å². The lowest BCUT2D eigenvalue weighted by molar-refractivity contribution is -0.137. The maximum atomic E-state index is 13.8. The second-order valence-corrected chi connectivity index (χ2v) is 10.1. The number of alkyl halides is 3. The lowest BCUT2D eigenvalue weighted by Gasteiger charge is -2.35. The molecule has 1 N–H and O–H groups in total. The number of hydrogen-bond acceptors (Lipinski definition) is 3. The van der Waals surface area contributed by atoms with Crippen molar-refractivity contribution < 1.29 is 27.5 Å². The molecule has 0 bridgehead atoms. The number of halogens is 3. The third-order valence-corrected chi connectivity index (χ3v) is 7.23. The first-order valence-corrected chi connectivity index (χ1v) is 13.7. The van der Waals surface area contributed by atoms with Gasteiger partial charge in [0.25, 0.3) is 0 Å². The van der Waals surface area contributed by atoms with Crippen LogP contribution in [-0.2, 0) is 17.5 Å². The van der Waals surface area contributed by atoms with Crippen molar-refractivity contribution in [2.75, 3.05) is 25.5 Å². The van der Waals surface area contributed by atoms with Crippen LogP contribution in [0, 0.1) is 0 Å². The van der Waals surface area contributed by atoms with Crippen LogP contribution in [0.4, 0.5) is 23.7 Å². The quantitative estimate of drug-likeness (QED) is 0.238. The standard InChI is InChI=1S/C34H30F3N3O3/c1-43-28-18-16-26(17-19-28)31-15-8-20-39(23-32(41)40(31)22-24-9-7-12-27(21-24)34(35,36)37)33(42)38-30-14-6-5-13-29(30)25-10-3-2-4-11-25/h2-19,21,31H,20,22-23H2,1H3,(H,38,42)/b15-8-/t31-/m0/s1. The Hall–Kier alpha value is -5.05. The molecule has 0 fully saturated rings. The van der Waals surface area contributed by atoms with Gasteiger partial charge in [-0.15, -0.1) is 0 Å². The van der Waals surface area contributed by atoms with Gasteiger partial charge >= 0.3 is 12.2 Å². The lowest BCUT2D eigenvalue weighted by Crippen LogP contribution is -2.46. The average molecular weight is 586 g/mol. The summed E-state index contributed by atoms with van der Waals surface area (Å²) in [5.41, 5.74) is 2.64. The number of amides is 3. The Labute approximate surface area is 248 Å². The van der Waals surface area contributed by atoms with Gasteiger partial charge in [-0.05, 0) is 47.0 Å². The zero-order valence-electron chi connectivity index (χ0n) is 23.4. The fourth-order valence-electron chi connectivity index (χ4n) is 5.03. The number of carbonyl (C=O) groups excluding carboxylic acids is 2. The summed E-state index contributed by atoms with van der Waals surface area (Å²) in [5.74, 6) is 0.224. The van der Waals surface area contributed by atoms with E-state index in [-0.39, 0.29) is 19.6 Å². The summed E-state index contributed by atoms with van der Waals surface area (Å²) in [6, 6.07) is 28.0. The number of methoxy groups -OCH3 is 1. The van der Waals surface area contributed by atoms with Crippen molar-refractivity contribution in [1.29, 1.82) is 0 Å². The van der Waals surface area contributed by atoms with Crippen LogP contribution in [-0.4, -0.2) is 41.9 Å². The summed E-state index contributed by atoms with van der Waals surface area (Å²) in [7, 11) is 1.55. The second kappa shape index (κ2) is 12.9. The molecular weight excluding hydrogens is 555 g/mol. The number of hydrogen-bond donors (Lipinski definition) is 1. The number of nitrogens with one attached hydrogen (secondary N) is 1. The molecule has 9 heteroatoms. The third-order valence-electron chi connectivity index (χ3n) is 7.23. The molecule has 0 aromatic heterocycles. The molecule has 0 aliphatic carbocycles. The maximum Gasteiger partial charge on any atom is 0.416 e. The van der Waals surface area contributed by atoms with Crippen molar-refractivity contribution in [2.45, 2.75) is 18.8 Å². The van der Waals surface area contributed by atoms with Crippen LogP contribution in [0.3, 0.4) is 0 Å². The lowest BCUT2D eigenvalue weighted by atomic mass is 10.0. The Morgan fingerprint density at radius 1 is 0.930 bits per heavy atom. The fourth-order valence-corrected chi connectivity index (χ4v) is 5.03. The minimum atomic E-state index is -4.52. The molecular formula is C34H30F3N3O3. The van der Waals surface area contributed by atoms with Gasteiger partial charge in [-0.1, -0.05) is 84.9 Å². The summed E-state index contributed by atoms with van der Waals surface area (Å²) >= 11 is 0. The molecule has 1 heterocycles. The van der Waals surface area contributed by atoms with Gasteiger partial charge in [-0.25, -0.2) is 4.79 Å². The molecule has 1 aliphatic heterocycles. The summed E-state index contributed by atoms with van der Waals surface area (Å²) in [6.07, 6.45) is -0.926. The van der Waals surface area contributed by atoms with Crippen molar-refractivity contribution in [3.8, 4) is 16.9 Å². The van der Waals surface area contributed by atoms with E-state index in [1.165, 1.54) is 15.9 Å². The highest BCUT2D eigenvalue weighted by molar-refractivity contribution is 5.96. The number of ether oxygens (including phenoxy) is 1. The zero-order valence-corrected chi connectivity index (χ0v) is 23.4. The number of para-hydroxylation sites is 1. The number of benzene rings is 4. The zero-order chi connectivity index (χ0) is 30.4. The van der Waals surface area contributed by atoms with Crippen LogP contribution in [0.2, 0.25) is 0 Å². The number of carbonyl (C=O) groups is 2. The van der Waals surface area contributed by atoms with Gasteiger partial charge in [0.2, 0.25) is 5.91 Å². The summed E-state index contributed by atoms with van der Waals surface area (Å²) in [4.78, 5) is 30.2. The predicted octanol–water partition coefficient (Wildman–Crippen LogP) is 7.55. The van der Waals surface area contributed by atoms with Crippen LogP contribution >= 0.6 is 0 Å². The maximum absolute atomic E-state index is 13.8. The molecule has 4 aromatic carbocycles. The molecule has 0 saturated heterocycles. The van der Waals surface area contributed by atoms with Crippen LogP contribution in [0.5, 0.6) is 5.75 Å². The topological polar surface area (TPSA) is 61.9 Å². The highest BCUT2D eigenvalue weighted by Crippen LogP contribution is 2.32. The summed E-state index contributed by atoms with van der Waals surface area (Å²) in [5, 5.41) is 2.94. The third kappa shape index (κ3) is 7.06. The molecule has 6 nitrogen and oxygen atoms in total. The van der Waals surface area contributed by atoms with Gasteiger partial charge in [0.15, 0.2) is 0 Å². The van der Waals surface area contributed by atoms with E-state index < -0.39 is 29.7 Å². The van der Waals surface area contributed by atoms with E-state index in [9.17, 15) is 22.8 Å². The first kappa shape index (κ1) is 29.4. The van der Waals surface area contributed by atoms with Crippen LogP contribution in [0.15, 0.2) is 115 Å². The first-order chi connectivity index (χ1) is 20.7. The van der Waals surface area contributed by atoms with E-state index in [0.717, 1.165) is 28.8 Å². The molecule has 0 saturated carbocycles. The van der Waals surface area contributed by atoms with Gasteiger partial charge in [0, 0.05) is 18.7 Å². The highest BCUT2D eigenvalue weighted by atomic mass is 19.4. The molecule has 0 radical (unpaired) electrons. The molecule has 4 aromatic rings. The molecule has 220 valence electrons. The monoisotopic (exact) mass is 585 g/mol. The predicted molar refractivity (Wildman–Crippen MR) is 159 cm³/mol. The Morgan fingerprint density at radius 3 is 2.37 bits per heavy atom. The Kier molecular flexibility index (Phi) is 8.80. The van der Waals surface area contributed by atoms with Crippen molar-refractivity contribution in [2.24, 2.45) is 0 Å². The number of nitrogens with zero attached hydrogens (tertiary/aromatic N) is 2. The largest absolute Gasteiger partial charge is 0.497 e. The normalized spacial score (nSPS) is 16.3. The molecule has 3 amide bonds. The highest BCUT2D eigenvalue weighted by Gasteiger charge is 2.32. The summed E-state index contributed by atoms with van der Waals surface area (Å²) in [6.45, 7) is -0.194. The van der Waals surface area contributed by atoms with E-state index in [4.69, 9.17) is 4.74 Å². The van der Waals surface area contributed by atoms with Gasteiger partial charge < -0.3 is 19.9 Å². The number of anilines is 1. The number of urea groups is 1. The first-order valence-electron chi connectivity index (χ1n) is 13.7. The molecule has 0 spiro atoms. The van der Waals surface area contributed by atoms with Crippen LogP contribution in [0.1, 0.15) is 22.7 Å². The molecule has 1 atom stereocenters. The summed E-state index contributed by atoms with van der Waals surface area (Å²) < 4.78 is 45.6. The van der Waals surface area contributed by atoms with Crippen molar-refractivity contribution in [1.82, 2.24) is 9.80 Å². The average Bonchev–Trinajstić information content (AvgIpc) is 3.01. The Morgan fingerprint density at radius 2 is 1.65 bits per heavy atom. The van der Waals surface area contributed by atoms with Crippen LogP contribution < -0.4 is 10.1 Å². The van der Waals surface area contributed by atoms with E-state index in [1.54, 1.807) is 43.5 Å². The van der Waals surface area contributed by atoms with Crippen LogP contribution in [0.25, 0.3) is 11.1 Å². The fraction of sp³-hybridized carbons (Fsp3) is 0.176. The van der Waals surface area contributed by atoms with Crippen molar-refractivity contribution in [3.63, 3.8) is 0 Å². The molecule has 43 heavy (non-hydrogen) atoms. The SMILES string of the molecule is COc1ccc([C@@H]2/C=C\CN(C(=O)Nc3ccccc3-c3ccccc3)CC(=O)N2Cc2cccc(C(F)(F)F)c2)cc1. The van der Waals surface area contributed by atoms with Gasteiger partial charge in [0.1, 0.15) is 12.3 Å². The van der Waals surface area contributed by atoms with Gasteiger partial charge in [0.05, 0.1) is 24.4 Å². The smallest absolute Gasteiger partial charge is 0.416 e. The van der Waals surface area contributed by atoms with Crippen molar-refractivity contribution >= 4 is 17.6 Å². The molecule has 5 rings (SSSR count).